The quantitative estimate of drug-likeness (QED) is 0.737. The Labute approximate surface area is 78.7 Å². The number of hydrogen-bond donors (Lipinski definition) is 0. The van der Waals surface area contributed by atoms with Gasteiger partial charge in [-0.1, -0.05) is 0 Å². The van der Waals surface area contributed by atoms with E-state index >= 15 is 0 Å². The van der Waals surface area contributed by atoms with Gasteiger partial charge in [-0.05, 0) is 15.9 Å². The highest BCUT2D eigenvalue weighted by Gasteiger charge is 2.04. The van der Waals surface area contributed by atoms with Crippen LogP contribution >= 0.6 is 27.5 Å². The van der Waals surface area contributed by atoms with E-state index in [0.29, 0.717) is 11.6 Å². The molecule has 0 radical (unpaired) electrons. The van der Waals surface area contributed by atoms with Gasteiger partial charge in [0.2, 0.25) is 0 Å². The van der Waals surface area contributed by atoms with Gasteiger partial charge in [-0.15, -0.1) is 11.6 Å². The fourth-order valence-electron chi connectivity index (χ4n) is 0.702. The minimum Gasteiger partial charge on any atom is -0.494 e. The summed E-state index contributed by atoms with van der Waals surface area (Å²) in [5, 5.41) is 0. The van der Waals surface area contributed by atoms with Crippen molar-refractivity contribution in [1.82, 2.24) is 4.98 Å². The summed E-state index contributed by atoms with van der Waals surface area (Å²) < 4.78 is 5.90. The molecule has 11 heavy (non-hydrogen) atoms. The molecule has 2 nitrogen and oxygen atoms in total. The Balaban J connectivity index is 3.10. The van der Waals surface area contributed by atoms with E-state index in [1.165, 1.54) is 0 Å². The molecule has 0 atom stereocenters. The Hall–Kier alpha value is -0.280. The lowest BCUT2D eigenvalue weighted by molar-refractivity contribution is 0.409. The molecule has 1 heterocycles. The fraction of sp³-hybridized carbons (Fsp3) is 0.286. The Morgan fingerprint density at radius 1 is 1.64 bits per heavy atom. The highest BCUT2D eigenvalue weighted by Crippen LogP contribution is 2.27. The zero-order chi connectivity index (χ0) is 8.27. The first-order chi connectivity index (χ1) is 5.29. The minimum atomic E-state index is 0.435. The van der Waals surface area contributed by atoms with E-state index in [9.17, 15) is 0 Å². The largest absolute Gasteiger partial charge is 0.494 e. The normalized spacial score (nSPS) is 9.73. The molecule has 1 aromatic rings. The van der Waals surface area contributed by atoms with Crippen molar-refractivity contribution >= 4 is 27.5 Å². The van der Waals surface area contributed by atoms with Gasteiger partial charge in [0.15, 0.2) is 5.75 Å². The second-order valence-corrected chi connectivity index (χ2v) is 3.01. The average Bonchev–Trinajstić information content (AvgIpc) is 2.05. The number of pyridine rings is 1. The van der Waals surface area contributed by atoms with Crippen LogP contribution in [0.3, 0.4) is 0 Å². The lowest BCUT2D eigenvalue weighted by Gasteiger charge is -2.04. The molecule has 0 saturated heterocycles. The summed E-state index contributed by atoms with van der Waals surface area (Å²) in [6, 6.07) is 0. The molecular weight excluding hydrogens is 229 g/mol. The Kier molecular flexibility index (Phi) is 3.15. The summed E-state index contributed by atoms with van der Waals surface area (Å²) in [4.78, 5) is 3.95. The van der Waals surface area contributed by atoms with Crippen LogP contribution in [0.15, 0.2) is 16.9 Å². The van der Waals surface area contributed by atoms with Gasteiger partial charge in [-0.3, -0.25) is 4.98 Å². The van der Waals surface area contributed by atoms with Gasteiger partial charge in [0.25, 0.3) is 0 Å². The third kappa shape index (κ3) is 1.84. The predicted molar refractivity (Wildman–Crippen MR) is 48.0 cm³/mol. The molecule has 0 bridgehead atoms. The smallest absolute Gasteiger partial charge is 0.151 e. The van der Waals surface area contributed by atoms with Crippen LogP contribution in [0.25, 0.3) is 0 Å². The molecule has 0 N–H and O–H groups in total. The van der Waals surface area contributed by atoms with Crippen LogP contribution in [-0.4, -0.2) is 12.1 Å². The Bertz CT molecular complexity index is 232. The maximum atomic E-state index is 5.64. The number of halogens is 2. The summed E-state index contributed by atoms with van der Waals surface area (Å²) in [6.07, 6.45) is 3.35. The molecule has 0 aliphatic carbocycles. The number of rotatable bonds is 2. The topological polar surface area (TPSA) is 22.1 Å². The number of aromatic nitrogens is 1. The maximum Gasteiger partial charge on any atom is 0.151 e. The van der Waals surface area contributed by atoms with E-state index in [-0.39, 0.29) is 0 Å². The lowest BCUT2D eigenvalue weighted by atomic mass is 10.3. The van der Waals surface area contributed by atoms with Crippen molar-refractivity contribution in [2.45, 2.75) is 5.88 Å². The van der Waals surface area contributed by atoms with Crippen LogP contribution in [0, 0.1) is 0 Å². The first kappa shape index (κ1) is 8.81. The van der Waals surface area contributed by atoms with E-state index in [1.54, 1.807) is 19.5 Å². The monoisotopic (exact) mass is 235 g/mol. The fourth-order valence-corrected chi connectivity index (χ4v) is 1.57. The highest BCUT2D eigenvalue weighted by molar-refractivity contribution is 9.10. The van der Waals surface area contributed by atoms with Gasteiger partial charge in [0.1, 0.15) is 0 Å². The third-order valence-corrected chi connectivity index (χ3v) is 2.47. The van der Waals surface area contributed by atoms with Crippen LogP contribution in [0.1, 0.15) is 5.56 Å². The molecule has 0 spiro atoms. The van der Waals surface area contributed by atoms with Crippen molar-refractivity contribution in [2.24, 2.45) is 0 Å². The van der Waals surface area contributed by atoms with Gasteiger partial charge in [0, 0.05) is 11.8 Å². The number of alkyl halides is 1. The molecule has 1 rings (SSSR count). The third-order valence-electron chi connectivity index (χ3n) is 1.28. The number of ether oxygens (including phenoxy) is 1. The molecule has 0 unspecified atom stereocenters. The standard InChI is InChI=1S/C7H7BrClNO/c1-11-6-4-10-3-5(2-9)7(6)8/h3-4H,2H2,1H3. The molecule has 4 heteroatoms. The number of nitrogens with zero attached hydrogens (tertiary/aromatic N) is 1. The van der Waals surface area contributed by atoms with Gasteiger partial charge in [-0.25, -0.2) is 0 Å². The van der Waals surface area contributed by atoms with Crippen molar-refractivity contribution < 1.29 is 4.74 Å². The van der Waals surface area contributed by atoms with Gasteiger partial charge in [0.05, 0.1) is 23.7 Å². The second-order valence-electron chi connectivity index (χ2n) is 1.95. The van der Waals surface area contributed by atoms with Crippen molar-refractivity contribution in [1.29, 1.82) is 0 Å². The highest BCUT2D eigenvalue weighted by atomic mass is 79.9. The average molecular weight is 236 g/mol. The van der Waals surface area contributed by atoms with Gasteiger partial charge >= 0.3 is 0 Å². The van der Waals surface area contributed by atoms with Crippen LogP contribution in [0.2, 0.25) is 0 Å². The van der Waals surface area contributed by atoms with Crippen LogP contribution < -0.4 is 4.74 Å². The summed E-state index contributed by atoms with van der Waals surface area (Å²) in [6.45, 7) is 0. The second kappa shape index (κ2) is 3.93. The van der Waals surface area contributed by atoms with Crippen molar-refractivity contribution in [3.8, 4) is 5.75 Å². The number of hydrogen-bond acceptors (Lipinski definition) is 2. The van der Waals surface area contributed by atoms with Crippen LogP contribution in [0.5, 0.6) is 5.75 Å². The maximum absolute atomic E-state index is 5.64. The minimum absolute atomic E-state index is 0.435. The van der Waals surface area contributed by atoms with Crippen molar-refractivity contribution in [2.75, 3.05) is 7.11 Å². The molecule has 0 aliphatic rings. The number of methoxy groups -OCH3 is 1. The molecule has 0 aliphatic heterocycles. The molecule has 0 aromatic carbocycles. The van der Waals surface area contributed by atoms with E-state index < -0.39 is 0 Å². The predicted octanol–water partition coefficient (Wildman–Crippen LogP) is 2.59. The zero-order valence-corrected chi connectivity index (χ0v) is 8.32. The lowest BCUT2D eigenvalue weighted by Crippen LogP contribution is -1.89. The zero-order valence-electron chi connectivity index (χ0n) is 5.97. The molecule has 0 amide bonds. The van der Waals surface area contributed by atoms with E-state index in [0.717, 1.165) is 10.0 Å². The molecule has 0 saturated carbocycles. The van der Waals surface area contributed by atoms with E-state index in [2.05, 4.69) is 20.9 Å². The molecule has 0 fully saturated rings. The van der Waals surface area contributed by atoms with E-state index in [4.69, 9.17) is 16.3 Å². The summed E-state index contributed by atoms with van der Waals surface area (Å²) in [7, 11) is 1.60. The van der Waals surface area contributed by atoms with Crippen LogP contribution in [-0.2, 0) is 5.88 Å². The first-order valence-corrected chi connectivity index (χ1v) is 4.34. The summed E-state index contributed by atoms with van der Waals surface area (Å²) in [5.74, 6) is 1.15. The van der Waals surface area contributed by atoms with E-state index in [1.807, 2.05) is 0 Å². The molecule has 1 aromatic heterocycles. The SMILES string of the molecule is COc1cncc(CCl)c1Br. The first-order valence-electron chi connectivity index (χ1n) is 3.02. The van der Waals surface area contributed by atoms with Gasteiger partial charge < -0.3 is 4.74 Å². The summed E-state index contributed by atoms with van der Waals surface area (Å²) >= 11 is 8.99. The van der Waals surface area contributed by atoms with Gasteiger partial charge in [-0.2, -0.15) is 0 Å². The Morgan fingerprint density at radius 3 is 2.91 bits per heavy atom. The van der Waals surface area contributed by atoms with Crippen molar-refractivity contribution in [3.05, 3.63) is 22.4 Å². The van der Waals surface area contributed by atoms with Crippen molar-refractivity contribution in [3.63, 3.8) is 0 Å². The Morgan fingerprint density at radius 2 is 2.36 bits per heavy atom. The molecular formula is C7H7BrClNO. The molecule has 60 valence electrons. The van der Waals surface area contributed by atoms with Crippen LogP contribution in [0.4, 0.5) is 0 Å². The summed E-state index contributed by atoms with van der Waals surface area (Å²) in [5.41, 5.74) is 0.936.